The van der Waals surface area contributed by atoms with E-state index in [-0.39, 0.29) is 12.0 Å². The lowest BCUT2D eigenvalue weighted by Crippen LogP contribution is -2.44. The highest BCUT2D eigenvalue weighted by Gasteiger charge is 2.34. The summed E-state index contributed by atoms with van der Waals surface area (Å²) in [7, 11) is 1.62. The number of benzene rings is 1. The van der Waals surface area contributed by atoms with Crippen molar-refractivity contribution in [3.63, 3.8) is 0 Å². The van der Waals surface area contributed by atoms with E-state index >= 15 is 0 Å². The molecule has 0 amide bonds. The second kappa shape index (κ2) is 12.0. The van der Waals surface area contributed by atoms with Gasteiger partial charge in [-0.25, -0.2) is 4.98 Å². The fourth-order valence-corrected chi connectivity index (χ4v) is 5.98. The van der Waals surface area contributed by atoms with Gasteiger partial charge in [0.05, 0.1) is 28.6 Å². The minimum absolute atomic E-state index is 0.0830. The van der Waals surface area contributed by atoms with E-state index in [0.29, 0.717) is 18.0 Å². The molecule has 0 spiro atoms. The monoisotopic (exact) mass is 514 g/mol. The molecule has 1 aliphatic rings. The number of nitrogens with zero attached hydrogens (tertiary/aromatic N) is 3. The Kier molecular flexibility index (Phi) is 8.83. The van der Waals surface area contributed by atoms with Crippen LogP contribution in [0.15, 0.2) is 53.8 Å². The highest BCUT2D eigenvalue weighted by molar-refractivity contribution is 7.99. The molecule has 1 aliphatic heterocycles. The van der Waals surface area contributed by atoms with Gasteiger partial charge < -0.3 is 20.5 Å². The molecule has 186 valence electrons. The number of pyridine rings is 2. The van der Waals surface area contributed by atoms with E-state index in [9.17, 15) is 9.90 Å². The fraction of sp³-hybridized carbons (Fsp3) is 0.423. The van der Waals surface area contributed by atoms with Gasteiger partial charge in [-0.1, -0.05) is 17.7 Å². The first-order chi connectivity index (χ1) is 17.0. The SMILES string of the molecule is COc1ccc2ncc(Cl)c(C(N)CCC3CCN(CCSc4ccccn4)CC3C(=O)O)c2c1. The maximum absolute atomic E-state index is 12.1. The lowest BCUT2D eigenvalue weighted by molar-refractivity contribution is -0.146. The quantitative estimate of drug-likeness (QED) is 0.369. The van der Waals surface area contributed by atoms with Crippen LogP contribution in [0.3, 0.4) is 0 Å². The van der Waals surface area contributed by atoms with Crippen molar-refractivity contribution in [3.05, 3.63) is 59.4 Å². The third-order valence-corrected chi connectivity index (χ3v) is 7.97. The van der Waals surface area contributed by atoms with Crippen molar-refractivity contribution in [2.45, 2.75) is 30.3 Å². The first kappa shape index (κ1) is 25.7. The number of carboxylic acids is 1. The molecule has 3 atom stereocenters. The first-order valence-corrected chi connectivity index (χ1v) is 13.2. The van der Waals surface area contributed by atoms with Crippen LogP contribution >= 0.6 is 23.4 Å². The summed E-state index contributed by atoms with van der Waals surface area (Å²) in [6.45, 7) is 2.30. The minimum Gasteiger partial charge on any atom is -0.497 e. The number of aliphatic carboxylic acids is 1. The molecule has 3 N–H and O–H groups in total. The van der Waals surface area contributed by atoms with Gasteiger partial charge >= 0.3 is 5.97 Å². The molecule has 1 aromatic carbocycles. The van der Waals surface area contributed by atoms with Gasteiger partial charge in [-0.15, -0.1) is 11.8 Å². The number of halogens is 1. The maximum atomic E-state index is 12.1. The van der Waals surface area contributed by atoms with Crippen LogP contribution in [-0.4, -0.2) is 58.4 Å². The van der Waals surface area contributed by atoms with Crippen molar-refractivity contribution >= 4 is 40.2 Å². The van der Waals surface area contributed by atoms with E-state index in [4.69, 9.17) is 22.1 Å². The zero-order valence-electron chi connectivity index (χ0n) is 19.8. The average Bonchev–Trinajstić information content (AvgIpc) is 2.87. The number of nitrogens with two attached hydrogens (primary N) is 1. The van der Waals surface area contributed by atoms with E-state index in [1.165, 1.54) is 0 Å². The molecule has 0 aliphatic carbocycles. The number of likely N-dealkylation sites (tertiary alicyclic amines) is 1. The molecule has 4 rings (SSSR count). The molecular formula is C26H31ClN4O3S. The summed E-state index contributed by atoms with van der Waals surface area (Å²) >= 11 is 8.21. The Labute approximate surface area is 215 Å². The van der Waals surface area contributed by atoms with Crippen LogP contribution in [0.5, 0.6) is 5.75 Å². The number of carboxylic acid groups (broad SMARTS) is 1. The number of thioether (sulfide) groups is 1. The van der Waals surface area contributed by atoms with Gasteiger partial charge in [-0.2, -0.15) is 0 Å². The van der Waals surface area contributed by atoms with Crippen molar-refractivity contribution in [2.75, 3.05) is 32.5 Å². The molecule has 7 nitrogen and oxygen atoms in total. The van der Waals surface area contributed by atoms with Gasteiger partial charge in [0.2, 0.25) is 0 Å². The van der Waals surface area contributed by atoms with Crippen LogP contribution in [0.25, 0.3) is 10.9 Å². The molecule has 1 fully saturated rings. The fourth-order valence-electron chi connectivity index (χ4n) is 4.82. The smallest absolute Gasteiger partial charge is 0.308 e. The number of rotatable bonds is 10. The van der Waals surface area contributed by atoms with E-state index in [2.05, 4.69) is 14.9 Å². The Morgan fingerprint density at radius 2 is 2.20 bits per heavy atom. The Balaban J connectivity index is 1.37. The van der Waals surface area contributed by atoms with Gasteiger partial charge in [-0.05, 0) is 67.6 Å². The molecule has 0 saturated carbocycles. The number of carbonyl (C=O) groups is 1. The van der Waals surface area contributed by atoms with Crippen LogP contribution in [0.4, 0.5) is 0 Å². The van der Waals surface area contributed by atoms with Crippen molar-refractivity contribution in [2.24, 2.45) is 17.6 Å². The molecule has 9 heteroatoms. The third-order valence-electron chi connectivity index (χ3n) is 6.74. The molecular weight excluding hydrogens is 484 g/mol. The molecule has 3 unspecified atom stereocenters. The highest BCUT2D eigenvalue weighted by Crippen LogP contribution is 2.36. The maximum Gasteiger partial charge on any atom is 0.308 e. The molecule has 0 radical (unpaired) electrons. The van der Waals surface area contributed by atoms with E-state index < -0.39 is 11.9 Å². The zero-order valence-corrected chi connectivity index (χ0v) is 21.3. The van der Waals surface area contributed by atoms with Crippen molar-refractivity contribution < 1.29 is 14.6 Å². The Hall–Kier alpha value is -2.39. The van der Waals surface area contributed by atoms with Crippen LogP contribution in [0.1, 0.15) is 30.9 Å². The van der Waals surface area contributed by atoms with Crippen LogP contribution in [0, 0.1) is 11.8 Å². The second-order valence-corrected chi connectivity index (χ2v) is 10.4. The number of piperidine rings is 1. The number of aromatic nitrogens is 2. The predicted octanol–water partition coefficient (Wildman–Crippen LogP) is 4.89. The van der Waals surface area contributed by atoms with E-state index in [0.717, 1.165) is 58.9 Å². The van der Waals surface area contributed by atoms with Gasteiger partial charge in [0.15, 0.2) is 0 Å². The Bertz CT molecular complexity index is 1150. The zero-order chi connectivity index (χ0) is 24.8. The predicted molar refractivity (Wildman–Crippen MR) is 140 cm³/mol. The summed E-state index contributed by atoms with van der Waals surface area (Å²) < 4.78 is 5.37. The van der Waals surface area contributed by atoms with Crippen molar-refractivity contribution in [3.8, 4) is 5.75 Å². The Morgan fingerprint density at radius 3 is 2.94 bits per heavy atom. The number of ether oxygens (including phenoxy) is 1. The van der Waals surface area contributed by atoms with Crippen molar-refractivity contribution in [1.82, 2.24) is 14.9 Å². The molecule has 0 bridgehead atoms. The molecule has 35 heavy (non-hydrogen) atoms. The van der Waals surface area contributed by atoms with Crippen molar-refractivity contribution in [1.29, 1.82) is 0 Å². The lowest BCUT2D eigenvalue weighted by atomic mass is 9.81. The molecule has 2 aromatic heterocycles. The number of methoxy groups -OCH3 is 1. The Morgan fingerprint density at radius 1 is 1.34 bits per heavy atom. The summed E-state index contributed by atoms with van der Waals surface area (Å²) in [5.74, 6) is 0.549. The summed E-state index contributed by atoms with van der Waals surface area (Å²) in [5.41, 5.74) is 8.27. The van der Waals surface area contributed by atoms with Gasteiger partial charge in [-0.3, -0.25) is 9.78 Å². The molecule has 3 heterocycles. The second-order valence-electron chi connectivity index (χ2n) is 8.90. The number of hydrogen-bond acceptors (Lipinski definition) is 7. The van der Waals surface area contributed by atoms with E-state index in [1.54, 1.807) is 31.3 Å². The van der Waals surface area contributed by atoms with Gasteiger partial charge in [0.25, 0.3) is 0 Å². The number of hydrogen-bond donors (Lipinski definition) is 2. The lowest BCUT2D eigenvalue weighted by Gasteiger charge is -2.37. The van der Waals surface area contributed by atoms with Gasteiger partial charge in [0.1, 0.15) is 5.75 Å². The average molecular weight is 515 g/mol. The van der Waals surface area contributed by atoms with E-state index in [1.807, 2.05) is 36.4 Å². The van der Waals surface area contributed by atoms with Gasteiger partial charge in [0, 0.05) is 42.7 Å². The molecule has 3 aromatic rings. The standard InChI is InChI=1S/C26H31ClN4O3S/c1-34-18-6-8-23-19(14-18)25(21(27)15-30-23)22(28)7-5-17-9-11-31(16-20(17)26(32)33)12-13-35-24-4-2-3-10-29-24/h2-4,6,8,10,14-15,17,20,22H,5,7,9,11-13,16,28H2,1H3,(H,32,33). The highest BCUT2D eigenvalue weighted by atomic mass is 35.5. The summed E-state index contributed by atoms with van der Waals surface area (Å²) in [5, 5.41) is 12.3. The summed E-state index contributed by atoms with van der Waals surface area (Å²) in [6.07, 6.45) is 5.65. The summed E-state index contributed by atoms with van der Waals surface area (Å²) in [4.78, 5) is 23.1. The first-order valence-electron chi connectivity index (χ1n) is 11.8. The van der Waals surface area contributed by atoms with Crippen LogP contribution in [0.2, 0.25) is 5.02 Å². The largest absolute Gasteiger partial charge is 0.497 e. The number of fused-ring (bicyclic) bond motifs is 1. The van der Waals surface area contributed by atoms with Crippen LogP contribution in [-0.2, 0) is 4.79 Å². The molecule has 1 saturated heterocycles. The topological polar surface area (TPSA) is 102 Å². The summed E-state index contributed by atoms with van der Waals surface area (Å²) in [6, 6.07) is 11.2. The third kappa shape index (κ3) is 6.44. The normalized spacial score (nSPS) is 19.5. The minimum atomic E-state index is -0.734. The van der Waals surface area contributed by atoms with Crippen LogP contribution < -0.4 is 10.5 Å².